The van der Waals surface area contributed by atoms with Crippen LogP contribution in [-0.2, 0) is 11.2 Å². The Bertz CT molecular complexity index is 385. The van der Waals surface area contributed by atoms with Crippen LogP contribution in [0.25, 0.3) is 0 Å². The minimum absolute atomic E-state index is 0.125. The molecule has 2 heterocycles. The molecule has 1 aliphatic heterocycles. The standard InChI is InChI=1S/C14H23N3OS/c1-11(9-13-3-2-8-19-13)16-14(18)10-17-6-4-12(15)5-7-17/h2-3,8,11-12H,4-7,9-10,15H2,1H3,(H,16,18). The average Bonchev–Trinajstić information content (AvgIpc) is 2.84. The third-order valence-corrected chi connectivity index (χ3v) is 4.39. The molecule has 106 valence electrons. The minimum Gasteiger partial charge on any atom is -0.352 e. The summed E-state index contributed by atoms with van der Waals surface area (Å²) in [6.45, 7) is 4.44. The third kappa shape index (κ3) is 4.93. The van der Waals surface area contributed by atoms with E-state index in [0.29, 0.717) is 12.6 Å². The van der Waals surface area contributed by atoms with Crippen molar-refractivity contribution in [3.63, 3.8) is 0 Å². The van der Waals surface area contributed by atoms with E-state index in [0.717, 1.165) is 32.4 Å². The van der Waals surface area contributed by atoms with E-state index in [4.69, 9.17) is 5.73 Å². The molecule has 1 aromatic rings. The summed E-state index contributed by atoms with van der Waals surface area (Å²) < 4.78 is 0. The van der Waals surface area contributed by atoms with Gasteiger partial charge in [-0.15, -0.1) is 11.3 Å². The molecule has 1 aliphatic rings. The first-order valence-electron chi connectivity index (χ1n) is 6.93. The van der Waals surface area contributed by atoms with E-state index in [1.54, 1.807) is 11.3 Å². The second-order valence-corrected chi connectivity index (χ2v) is 6.40. The number of nitrogens with one attached hydrogen (secondary N) is 1. The lowest BCUT2D eigenvalue weighted by Crippen LogP contribution is -2.46. The molecule has 0 bridgehead atoms. The quantitative estimate of drug-likeness (QED) is 0.853. The van der Waals surface area contributed by atoms with Crippen LogP contribution in [0.5, 0.6) is 0 Å². The predicted molar refractivity (Wildman–Crippen MR) is 79.3 cm³/mol. The van der Waals surface area contributed by atoms with Crippen LogP contribution in [0.2, 0.25) is 0 Å². The molecule has 4 nitrogen and oxygen atoms in total. The summed E-state index contributed by atoms with van der Waals surface area (Å²) in [6.07, 6.45) is 2.91. The second-order valence-electron chi connectivity index (χ2n) is 5.37. The number of hydrogen-bond donors (Lipinski definition) is 2. The highest BCUT2D eigenvalue weighted by atomic mass is 32.1. The van der Waals surface area contributed by atoms with Crippen molar-refractivity contribution < 1.29 is 4.79 Å². The van der Waals surface area contributed by atoms with Crippen LogP contribution in [0.3, 0.4) is 0 Å². The van der Waals surface area contributed by atoms with Crippen LogP contribution in [0.4, 0.5) is 0 Å². The van der Waals surface area contributed by atoms with Crippen molar-refractivity contribution in [3.8, 4) is 0 Å². The van der Waals surface area contributed by atoms with Crippen molar-refractivity contribution in [3.05, 3.63) is 22.4 Å². The zero-order chi connectivity index (χ0) is 13.7. The van der Waals surface area contributed by atoms with Gasteiger partial charge in [0.15, 0.2) is 0 Å². The highest BCUT2D eigenvalue weighted by Gasteiger charge is 2.18. The fourth-order valence-electron chi connectivity index (χ4n) is 2.42. The van der Waals surface area contributed by atoms with Gasteiger partial charge in [0.2, 0.25) is 5.91 Å². The molecule has 1 aromatic heterocycles. The van der Waals surface area contributed by atoms with Crippen LogP contribution >= 0.6 is 11.3 Å². The van der Waals surface area contributed by atoms with Crippen LogP contribution < -0.4 is 11.1 Å². The summed E-state index contributed by atoms with van der Waals surface area (Å²) in [7, 11) is 0. The van der Waals surface area contributed by atoms with Gasteiger partial charge in [-0.05, 0) is 31.2 Å². The van der Waals surface area contributed by atoms with Crippen LogP contribution in [-0.4, -0.2) is 42.5 Å². The largest absolute Gasteiger partial charge is 0.352 e. The number of likely N-dealkylation sites (tertiary alicyclic amines) is 1. The molecule has 0 radical (unpaired) electrons. The van der Waals surface area contributed by atoms with E-state index in [9.17, 15) is 4.79 Å². The van der Waals surface area contributed by atoms with Crippen molar-refractivity contribution in [2.24, 2.45) is 5.73 Å². The van der Waals surface area contributed by atoms with Gasteiger partial charge in [0.05, 0.1) is 6.54 Å². The molecule has 0 aliphatic carbocycles. The van der Waals surface area contributed by atoms with Gasteiger partial charge in [0, 0.05) is 36.5 Å². The third-order valence-electron chi connectivity index (χ3n) is 3.49. The molecule has 19 heavy (non-hydrogen) atoms. The predicted octanol–water partition coefficient (Wildman–Crippen LogP) is 1.22. The number of rotatable bonds is 5. The van der Waals surface area contributed by atoms with Gasteiger partial charge in [-0.25, -0.2) is 0 Å². The number of hydrogen-bond acceptors (Lipinski definition) is 4. The number of amides is 1. The van der Waals surface area contributed by atoms with Gasteiger partial charge in [-0.1, -0.05) is 6.07 Å². The monoisotopic (exact) mass is 281 g/mol. The number of piperidine rings is 1. The molecule has 0 spiro atoms. The SMILES string of the molecule is CC(Cc1cccs1)NC(=O)CN1CCC(N)CC1. The summed E-state index contributed by atoms with van der Waals surface area (Å²) in [5, 5.41) is 5.14. The molecule has 1 amide bonds. The van der Waals surface area contributed by atoms with Crippen LogP contribution in [0, 0.1) is 0 Å². The first-order chi connectivity index (χ1) is 9.13. The van der Waals surface area contributed by atoms with Gasteiger partial charge in [0.1, 0.15) is 0 Å². The molecular weight excluding hydrogens is 258 g/mol. The van der Waals surface area contributed by atoms with Gasteiger partial charge in [-0.2, -0.15) is 0 Å². The fraction of sp³-hybridized carbons (Fsp3) is 0.643. The summed E-state index contributed by atoms with van der Waals surface area (Å²) in [6, 6.07) is 4.67. The van der Waals surface area contributed by atoms with Gasteiger partial charge < -0.3 is 11.1 Å². The summed E-state index contributed by atoms with van der Waals surface area (Å²) in [5.41, 5.74) is 5.86. The summed E-state index contributed by atoms with van der Waals surface area (Å²) in [5.74, 6) is 0.125. The fourth-order valence-corrected chi connectivity index (χ4v) is 3.25. The van der Waals surface area contributed by atoms with Crippen LogP contribution in [0.15, 0.2) is 17.5 Å². The van der Waals surface area contributed by atoms with E-state index < -0.39 is 0 Å². The van der Waals surface area contributed by atoms with E-state index >= 15 is 0 Å². The number of nitrogens with zero attached hydrogens (tertiary/aromatic N) is 1. The molecule has 0 saturated carbocycles. The van der Waals surface area contributed by atoms with Crippen molar-refractivity contribution in [2.45, 2.75) is 38.3 Å². The van der Waals surface area contributed by atoms with E-state index in [2.05, 4.69) is 28.6 Å². The molecule has 1 unspecified atom stereocenters. The number of nitrogens with two attached hydrogens (primary N) is 1. The Kier molecular flexibility index (Phi) is 5.36. The first-order valence-corrected chi connectivity index (χ1v) is 7.81. The molecule has 1 saturated heterocycles. The number of thiophene rings is 1. The molecule has 1 atom stereocenters. The second kappa shape index (κ2) is 7.03. The van der Waals surface area contributed by atoms with Gasteiger partial charge in [0.25, 0.3) is 0 Å². The van der Waals surface area contributed by atoms with Crippen molar-refractivity contribution in [2.75, 3.05) is 19.6 Å². The Morgan fingerprint density at radius 3 is 2.95 bits per heavy atom. The normalized spacial score (nSPS) is 19.3. The highest BCUT2D eigenvalue weighted by Crippen LogP contribution is 2.11. The Morgan fingerprint density at radius 1 is 1.58 bits per heavy atom. The Labute approximate surface area is 119 Å². The number of carbonyl (C=O) groups is 1. The maximum Gasteiger partial charge on any atom is 0.234 e. The van der Waals surface area contributed by atoms with Crippen molar-refractivity contribution >= 4 is 17.2 Å². The smallest absolute Gasteiger partial charge is 0.234 e. The van der Waals surface area contributed by atoms with Crippen molar-refractivity contribution in [1.29, 1.82) is 0 Å². The molecule has 1 fully saturated rings. The Balaban J connectivity index is 1.69. The molecule has 5 heteroatoms. The molecule has 0 aromatic carbocycles. The first kappa shape index (κ1) is 14.5. The Morgan fingerprint density at radius 2 is 2.32 bits per heavy atom. The Hall–Kier alpha value is -0.910. The van der Waals surface area contributed by atoms with Gasteiger partial charge >= 0.3 is 0 Å². The van der Waals surface area contributed by atoms with Crippen molar-refractivity contribution in [1.82, 2.24) is 10.2 Å². The van der Waals surface area contributed by atoms with E-state index in [-0.39, 0.29) is 11.9 Å². The average molecular weight is 281 g/mol. The summed E-state index contributed by atoms with van der Waals surface area (Å²) in [4.78, 5) is 15.5. The highest BCUT2D eigenvalue weighted by molar-refractivity contribution is 7.09. The van der Waals surface area contributed by atoms with E-state index in [1.807, 2.05) is 6.07 Å². The zero-order valence-electron chi connectivity index (χ0n) is 11.5. The molecule has 2 rings (SSSR count). The minimum atomic E-state index is 0.125. The maximum atomic E-state index is 12.0. The topological polar surface area (TPSA) is 58.4 Å². The van der Waals surface area contributed by atoms with Crippen LogP contribution in [0.1, 0.15) is 24.6 Å². The summed E-state index contributed by atoms with van der Waals surface area (Å²) >= 11 is 1.74. The zero-order valence-corrected chi connectivity index (χ0v) is 12.3. The molecular formula is C14H23N3OS. The molecule has 3 N–H and O–H groups in total. The van der Waals surface area contributed by atoms with E-state index in [1.165, 1.54) is 4.88 Å². The lowest BCUT2D eigenvalue weighted by molar-refractivity contribution is -0.123. The maximum absolute atomic E-state index is 12.0. The number of carbonyl (C=O) groups excluding carboxylic acids is 1. The lowest BCUT2D eigenvalue weighted by Gasteiger charge is -2.29. The lowest BCUT2D eigenvalue weighted by atomic mass is 10.1. The van der Waals surface area contributed by atoms with Gasteiger partial charge in [-0.3, -0.25) is 9.69 Å².